The van der Waals surface area contributed by atoms with Gasteiger partial charge in [-0.2, -0.15) is 18.0 Å². The molecular formula is C10H10F3N5O2S. The number of sulfone groups is 1. The maximum absolute atomic E-state index is 12.5. The second-order valence-corrected chi connectivity index (χ2v) is 6.16. The van der Waals surface area contributed by atoms with Gasteiger partial charge in [-0.1, -0.05) is 0 Å². The number of tetrazole rings is 1. The number of alkyl halides is 3. The lowest BCUT2D eigenvalue weighted by Gasteiger charge is -2.10. The van der Waals surface area contributed by atoms with E-state index in [0.717, 1.165) is 10.9 Å². The van der Waals surface area contributed by atoms with Gasteiger partial charge < -0.3 is 5.73 Å². The molecule has 0 bridgehead atoms. The minimum Gasteiger partial charge on any atom is -0.398 e. The van der Waals surface area contributed by atoms with Crippen LogP contribution in [0.2, 0.25) is 0 Å². The highest BCUT2D eigenvalue weighted by Crippen LogP contribution is 2.33. The maximum Gasteiger partial charge on any atom is 0.416 e. The quantitative estimate of drug-likeness (QED) is 0.838. The predicted octanol–water partition coefficient (Wildman–Crippen LogP) is 0.785. The predicted molar refractivity (Wildman–Crippen MR) is 65.5 cm³/mol. The Morgan fingerprint density at radius 3 is 2.48 bits per heavy atom. The Kier molecular flexibility index (Phi) is 3.61. The number of anilines is 1. The molecule has 0 aliphatic carbocycles. The van der Waals surface area contributed by atoms with Crippen LogP contribution in [0.4, 0.5) is 18.9 Å². The monoisotopic (exact) mass is 321 g/mol. The Morgan fingerprint density at radius 2 is 2.00 bits per heavy atom. The minimum atomic E-state index is -4.59. The van der Waals surface area contributed by atoms with Gasteiger partial charge in [0.05, 0.1) is 23.2 Å². The Morgan fingerprint density at radius 1 is 1.33 bits per heavy atom. The van der Waals surface area contributed by atoms with Crippen LogP contribution in [0.1, 0.15) is 11.4 Å². The molecule has 0 amide bonds. The van der Waals surface area contributed by atoms with Crippen LogP contribution < -0.4 is 5.73 Å². The standard InChI is InChI=1S/C10H10F3N5O2S/c1-18-16-9(15-17-18)5-21(19,20)8-3-2-6(4-7(8)14)10(11,12)13/h2-4H,5,14H2,1H3. The Labute approximate surface area is 117 Å². The number of aryl methyl sites for hydroxylation is 1. The van der Waals surface area contributed by atoms with Crippen molar-refractivity contribution in [3.05, 3.63) is 29.6 Å². The average molecular weight is 321 g/mol. The van der Waals surface area contributed by atoms with E-state index in [1.165, 1.54) is 7.05 Å². The molecule has 2 aromatic rings. The van der Waals surface area contributed by atoms with Crippen LogP contribution in [0, 0.1) is 0 Å². The number of nitrogen functional groups attached to an aromatic ring is 1. The molecule has 1 aromatic heterocycles. The molecule has 1 aromatic carbocycles. The molecule has 0 fully saturated rings. The van der Waals surface area contributed by atoms with Crippen molar-refractivity contribution in [3.63, 3.8) is 0 Å². The molecule has 0 unspecified atom stereocenters. The number of halogens is 3. The number of nitrogens with zero attached hydrogens (tertiary/aromatic N) is 4. The summed E-state index contributed by atoms with van der Waals surface area (Å²) in [6, 6.07) is 2.06. The molecule has 2 rings (SSSR count). The van der Waals surface area contributed by atoms with Crippen LogP contribution in [-0.4, -0.2) is 28.6 Å². The van der Waals surface area contributed by atoms with Gasteiger partial charge in [0.15, 0.2) is 15.7 Å². The normalized spacial score (nSPS) is 12.6. The number of aromatic nitrogens is 4. The van der Waals surface area contributed by atoms with E-state index in [1.807, 2.05) is 0 Å². The molecule has 0 atom stereocenters. The van der Waals surface area contributed by atoms with Crippen molar-refractivity contribution in [2.75, 3.05) is 5.73 Å². The third-order valence-electron chi connectivity index (χ3n) is 2.54. The zero-order valence-corrected chi connectivity index (χ0v) is 11.5. The highest BCUT2D eigenvalue weighted by Gasteiger charge is 2.32. The van der Waals surface area contributed by atoms with Crippen LogP contribution in [0.3, 0.4) is 0 Å². The molecule has 0 saturated carbocycles. The van der Waals surface area contributed by atoms with E-state index in [1.54, 1.807) is 0 Å². The van der Waals surface area contributed by atoms with Gasteiger partial charge in [-0.15, -0.1) is 10.2 Å². The fourth-order valence-electron chi connectivity index (χ4n) is 1.64. The number of hydrogen-bond donors (Lipinski definition) is 1. The second-order valence-electron chi connectivity index (χ2n) is 4.20. The summed E-state index contributed by atoms with van der Waals surface area (Å²) in [6.07, 6.45) is -4.59. The first-order valence-corrected chi connectivity index (χ1v) is 7.17. The Bertz CT molecular complexity index is 769. The van der Waals surface area contributed by atoms with E-state index in [0.29, 0.717) is 12.1 Å². The molecule has 0 saturated heterocycles. The molecule has 0 radical (unpaired) electrons. The molecular weight excluding hydrogens is 311 g/mol. The lowest BCUT2D eigenvalue weighted by Crippen LogP contribution is -2.12. The number of nitrogens with two attached hydrogens (primary N) is 1. The highest BCUT2D eigenvalue weighted by molar-refractivity contribution is 7.90. The molecule has 0 spiro atoms. The van der Waals surface area contributed by atoms with Gasteiger partial charge in [-0.25, -0.2) is 8.42 Å². The number of benzene rings is 1. The Hall–Kier alpha value is -2.17. The van der Waals surface area contributed by atoms with E-state index in [9.17, 15) is 21.6 Å². The summed E-state index contributed by atoms with van der Waals surface area (Å²) in [5, 5.41) is 10.7. The van der Waals surface area contributed by atoms with Gasteiger partial charge in [0.2, 0.25) is 0 Å². The zero-order chi connectivity index (χ0) is 15.8. The van der Waals surface area contributed by atoms with Gasteiger partial charge in [0, 0.05) is 0 Å². The summed E-state index contributed by atoms with van der Waals surface area (Å²) < 4.78 is 61.8. The van der Waals surface area contributed by atoms with Crippen LogP contribution >= 0.6 is 0 Å². The van der Waals surface area contributed by atoms with Crippen molar-refractivity contribution < 1.29 is 21.6 Å². The molecule has 114 valence electrons. The number of rotatable bonds is 3. The van der Waals surface area contributed by atoms with Gasteiger partial charge in [0.25, 0.3) is 0 Å². The maximum atomic E-state index is 12.5. The molecule has 11 heteroatoms. The van der Waals surface area contributed by atoms with Crippen molar-refractivity contribution in [2.45, 2.75) is 16.8 Å². The lowest BCUT2D eigenvalue weighted by atomic mass is 10.2. The largest absolute Gasteiger partial charge is 0.416 e. The van der Waals surface area contributed by atoms with Crippen LogP contribution in [0.15, 0.2) is 23.1 Å². The molecule has 7 nitrogen and oxygen atoms in total. The van der Waals surface area contributed by atoms with Crippen molar-refractivity contribution in [1.29, 1.82) is 0 Å². The fourth-order valence-corrected chi connectivity index (χ4v) is 2.94. The van der Waals surface area contributed by atoms with Gasteiger partial charge >= 0.3 is 6.18 Å². The minimum absolute atomic E-state index is 0.0724. The summed E-state index contributed by atoms with van der Waals surface area (Å²) in [6.45, 7) is 0. The van der Waals surface area contributed by atoms with Crippen LogP contribution in [-0.2, 0) is 28.8 Å². The average Bonchev–Trinajstić information content (AvgIpc) is 2.72. The first-order valence-electron chi connectivity index (χ1n) is 5.52. The molecule has 21 heavy (non-hydrogen) atoms. The van der Waals surface area contributed by atoms with E-state index < -0.39 is 37.9 Å². The third-order valence-corrected chi connectivity index (χ3v) is 4.22. The van der Waals surface area contributed by atoms with Crippen LogP contribution in [0.25, 0.3) is 0 Å². The van der Waals surface area contributed by atoms with Crippen molar-refractivity contribution >= 4 is 15.5 Å². The van der Waals surface area contributed by atoms with E-state index in [2.05, 4.69) is 15.4 Å². The zero-order valence-electron chi connectivity index (χ0n) is 10.7. The number of hydrogen-bond acceptors (Lipinski definition) is 6. The summed E-state index contributed by atoms with van der Waals surface area (Å²) in [5.41, 5.74) is 3.93. The topological polar surface area (TPSA) is 104 Å². The smallest absolute Gasteiger partial charge is 0.398 e. The molecule has 1 heterocycles. The highest BCUT2D eigenvalue weighted by atomic mass is 32.2. The summed E-state index contributed by atoms with van der Waals surface area (Å²) in [7, 11) is -2.51. The van der Waals surface area contributed by atoms with E-state index >= 15 is 0 Å². The second kappa shape index (κ2) is 4.98. The van der Waals surface area contributed by atoms with E-state index in [-0.39, 0.29) is 5.82 Å². The van der Waals surface area contributed by atoms with Crippen molar-refractivity contribution in [3.8, 4) is 0 Å². The molecule has 2 N–H and O–H groups in total. The molecule has 0 aliphatic heterocycles. The lowest BCUT2D eigenvalue weighted by molar-refractivity contribution is -0.137. The SMILES string of the molecule is Cn1nnc(CS(=O)(=O)c2ccc(C(F)(F)F)cc2N)n1. The van der Waals surface area contributed by atoms with Gasteiger partial charge in [-0.3, -0.25) is 0 Å². The van der Waals surface area contributed by atoms with Crippen molar-refractivity contribution in [1.82, 2.24) is 20.2 Å². The first-order chi connectivity index (χ1) is 9.59. The van der Waals surface area contributed by atoms with Crippen molar-refractivity contribution in [2.24, 2.45) is 7.05 Å². The summed E-state index contributed by atoms with van der Waals surface area (Å²) >= 11 is 0. The van der Waals surface area contributed by atoms with Crippen LogP contribution in [0.5, 0.6) is 0 Å². The fraction of sp³-hybridized carbons (Fsp3) is 0.300. The van der Waals surface area contributed by atoms with E-state index in [4.69, 9.17) is 5.73 Å². The third kappa shape index (κ3) is 3.29. The summed E-state index contributed by atoms with van der Waals surface area (Å²) in [4.78, 5) is 0.670. The summed E-state index contributed by atoms with van der Waals surface area (Å²) in [5.74, 6) is -0.673. The van der Waals surface area contributed by atoms with Gasteiger partial charge in [0.1, 0.15) is 5.75 Å². The Balaban J connectivity index is 2.37. The molecule has 0 aliphatic rings. The first kappa shape index (κ1) is 15.2. The van der Waals surface area contributed by atoms with Gasteiger partial charge in [-0.05, 0) is 23.4 Å².